The topological polar surface area (TPSA) is 0 Å². The van der Waals surface area contributed by atoms with E-state index in [1.54, 1.807) is 11.1 Å². The lowest BCUT2D eigenvalue weighted by Gasteiger charge is -2.22. The summed E-state index contributed by atoms with van der Waals surface area (Å²) in [6, 6.07) is 33.2. The minimum Gasteiger partial charge on any atom is -0.0654 e. The Hall–Kier alpha value is -3.64. The average molecular weight is 607 g/mol. The molecule has 2 atom stereocenters. The van der Waals surface area contributed by atoms with Crippen LogP contribution in [0, 0.1) is 25.7 Å². The molecule has 46 heavy (non-hydrogen) atoms. The zero-order chi connectivity index (χ0) is 32.2. The van der Waals surface area contributed by atoms with Crippen molar-refractivity contribution in [3.8, 4) is 11.1 Å². The minimum atomic E-state index is 0.718. The molecule has 0 spiro atoms. The molecule has 2 unspecified atom stereocenters. The number of hydrogen-bond donors (Lipinski definition) is 0. The number of aryl methyl sites for hydroxylation is 2. The van der Waals surface area contributed by atoms with E-state index in [1.807, 2.05) is 0 Å². The zero-order valence-corrected chi connectivity index (χ0v) is 29.3. The summed E-state index contributed by atoms with van der Waals surface area (Å²) in [5, 5.41) is 11.1. The third kappa shape index (κ3) is 6.46. The molecule has 0 aliphatic carbocycles. The molecule has 0 nitrogen and oxygen atoms in total. The maximum absolute atomic E-state index is 2.58. The fraction of sp³-hybridized carbons (Fsp3) is 0.391. The first-order valence-corrected chi connectivity index (χ1v) is 18.4. The Labute approximate surface area is 278 Å². The number of hydrogen-bond acceptors (Lipinski definition) is 0. The van der Waals surface area contributed by atoms with Crippen molar-refractivity contribution in [3.63, 3.8) is 0 Å². The summed E-state index contributed by atoms with van der Waals surface area (Å²) in [5.41, 5.74) is 8.59. The van der Waals surface area contributed by atoms with E-state index in [4.69, 9.17) is 0 Å². The highest BCUT2D eigenvalue weighted by Crippen LogP contribution is 2.42. The molecule has 238 valence electrons. The van der Waals surface area contributed by atoms with E-state index < -0.39 is 0 Å². The summed E-state index contributed by atoms with van der Waals surface area (Å²) >= 11 is 0. The van der Waals surface area contributed by atoms with Gasteiger partial charge in [-0.15, -0.1) is 0 Å². The lowest BCUT2D eigenvalue weighted by atomic mass is 9.83. The molecule has 0 heterocycles. The molecule has 0 aliphatic heterocycles. The van der Waals surface area contributed by atoms with E-state index in [2.05, 4.69) is 126 Å². The Kier molecular flexibility index (Phi) is 10.1. The molecular weight excluding hydrogens is 553 g/mol. The monoisotopic (exact) mass is 606 g/mol. The maximum Gasteiger partial charge on any atom is -0.00926 e. The van der Waals surface area contributed by atoms with Crippen LogP contribution in [-0.4, -0.2) is 0 Å². The molecule has 0 N–H and O–H groups in total. The van der Waals surface area contributed by atoms with E-state index in [9.17, 15) is 0 Å². The molecule has 0 radical (unpaired) electrons. The molecule has 0 saturated carbocycles. The zero-order valence-electron chi connectivity index (χ0n) is 29.3. The van der Waals surface area contributed by atoms with E-state index in [1.165, 1.54) is 123 Å². The molecule has 0 fully saturated rings. The second-order valence-electron chi connectivity index (χ2n) is 14.2. The summed E-state index contributed by atoms with van der Waals surface area (Å²) in [5.74, 6) is 1.46. The fourth-order valence-electron chi connectivity index (χ4n) is 8.14. The molecule has 6 rings (SSSR count). The SMILES string of the molecule is CCCCC(CC)Cc1cc(-c2cc3c4ccccc4c(C)cc3c3ccccc23)cc2c(CC(CC)CCCC)cc(C)cc12. The Morgan fingerprint density at radius 2 is 1.00 bits per heavy atom. The van der Waals surface area contributed by atoms with Crippen LogP contribution in [0.15, 0.2) is 84.9 Å². The van der Waals surface area contributed by atoms with Crippen LogP contribution >= 0.6 is 0 Å². The van der Waals surface area contributed by atoms with E-state index >= 15 is 0 Å². The Bertz CT molecular complexity index is 1970. The highest BCUT2D eigenvalue weighted by atomic mass is 14.2. The van der Waals surface area contributed by atoms with Crippen LogP contribution in [-0.2, 0) is 12.8 Å². The second kappa shape index (κ2) is 14.4. The van der Waals surface area contributed by atoms with Gasteiger partial charge in [-0.1, -0.05) is 157 Å². The first-order chi connectivity index (χ1) is 22.4. The average Bonchev–Trinajstić information content (AvgIpc) is 3.08. The van der Waals surface area contributed by atoms with Gasteiger partial charge in [0.25, 0.3) is 0 Å². The molecule has 0 heteroatoms. The van der Waals surface area contributed by atoms with Crippen molar-refractivity contribution in [2.24, 2.45) is 11.8 Å². The Morgan fingerprint density at radius 3 is 1.61 bits per heavy atom. The Morgan fingerprint density at radius 1 is 0.478 bits per heavy atom. The molecule has 0 amide bonds. The molecule has 6 aromatic carbocycles. The van der Waals surface area contributed by atoms with Gasteiger partial charge >= 0.3 is 0 Å². The summed E-state index contributed by atoms with van der Waals surface area (Å²) < 4.78 is 0. The van der Waals surface area contributed by atoms with Gasteiger partial charge in [0.05, 0.1) is 0 Å². The summed E-state index contributed by atoms with van der Waals surface area (Å²) in [6.07, 6.45) is 12.6. The van der Waals surface area contributed by atoms with Gasteiger partial charge in [0.15, 0.2) is 0 Å². The van der Waals surface area contributed by atoms with Crippen molar-refractivity contribution in [2.75, 3.05) is 0 Å². The van der Waals surface area contributed by atoms with E-state index in [0.717, 1.165) is 18.3 Å². The van der Waals surface area contributed by atoms with Gasteiger partial charge in [0.1, 0.15) is 0 Å². The highest BCUT2D eigenvalue weighted by molar-refractivity contribution is 6.21. The molecule has 6 aromatic rings. The summed E-state index contributed by atoms with van der Waals surface area (Å²) in [6.45, 7) is 14.0. The smallest absolute Gasteiger partial charge is 0.00926 e. The van der Waals surface area contributed by atoms with Crippen molar-refractivity contribution in [3.05, 3.63) is 107 Å². The molecule has 0 saturated heterocycles. The van der Waals surface area contributed by atoms with Gasteiger partial charge in [-0.05, 0) is 122 Å². The van der Waals surface area contributed by atoms with Crippen LogP contribution in [0.25, 0.3) is 54.2 Å². The summed E-state index contributed by atoms with van der Waals surface area (Å²) in [7, 11) is 0. The third-order valence-electron chi connectivity index (χ3n) is 10.9. The largest absolute Gasteiger partial charge is 0.0654 e. The van der Waals surface area contributed by atoms with Gasteiger partial charge < -0.3 is 0 Å². The highest BCUT2D eigenvalue weighted by Gasteiger charge is 2.18. The predicted molar refractivity (Wildman–Crippen MR) is 205 cm³/mol. The fourth-order valence-corrected chi connectivity index (χ4v) is 8.14. The number of benzene rings is 6. The van der Waals surface area contributed by atoms with Crippen LogP contribution in [0.5, 0.6) is 0 Å². The first kappa shape index (κ1) is 32.3. The van der Waals surface area contributed by atoms with Crippen molar-refractivity contribution in [2.45, 2.75) is 106 Å². The number of rotatable bonds is 13. The summed E-state index contributed by atoms with van der Waals surface area (Å²) in [4.78, 5) is 0. The minimum absolute atomic E-state index is 0.718. The van der Waals surface area contributed by atoms with Crippen molar-refractivity contribution in [1.29, 1.82) is 0 Å². The van der Waals surface area contributed by atoms with Gasteiger partial charge in [-0.3, -0.25) is 0 Å². The molecule has 0 aromatic heterocycles. The van der Waals surface area contributed by atoms with Crippen LogP contribution in [0.2, 0.25) is 0 Å². The van der Waals surface area contributed by atoms with Crippen LogP contribution in [0.1, 0.15) is 101 Å². The molecule has 0 bridgehead atoms. The van der Waals surface area contributed by atoms with Gasteiger partial charge in [-0.2, -0.15) is 0 Å². The van der Waals surface area contributed by atoms with Crippen LogP contribution in [0.4, 0.5) is 0 Å². The van der Waals surface area contributed by atoms with Gasteiger partial charge in [0, 0.05) is 0 Å². The van der Waals surface area contributed by atoms with Crippen LogP contribution in [0.3, 0.4) is 0 Å². The number of fused-ring (bicyclic) bond motifs is 6. The standard InChI is InChI=1S/C46H54/c1-7-11-17-33(9-3)26-35-23-31(5)24-42-36(27-34(10-4)18-12-8-2)28-37(29-43(35)42)44-30-46-39-20-14-13-19-38(39)32(6)25-45(46)41-22-16-15-21-40(41)44/h13-16,19-25,28-30,33-34H,7-12,17-18,26-27H2,1-6H3. The number of unbranched alkanes of at least 4 members (excludes halogenated alkanes) is 2. The van der Waals surface area contributed by atoms with E-state index in [0.29, 0.717) is 0 Å². The van der Waals surface area contributed by atoms with Gasteiger partial charge in [0.2, 0.25) is 0 Å². The molecular formula is C46H54. The van der Waals surface area contributed by atoms with Crippen LogP contribution < -0.4 is 0 Å². The first-order valence-electron chi connectivity index (χ1n) is 18.4. The maximum atomic E-state index is 2.58. The quantitative estimate of drug-likeness (QED) is 0.115. The van der Waals surface area contributed by atoms with Gasteiger partial charge in [-0.25, -0.2) is 0 Å². The lowest BCUT2D eigenvalue weighted by molar-refractivity contribution is 0.449. The third-order valence-corrected chi connectivity index (χ3v) is 10.9. The lowest BCUT2D eigenvalue weighted by Crippen LogP contribution is -2.07. The Balaban J connectivity index is 1.64. The normalized spacial score (nSPS) is 13.3. The van der Waals surface area contributed by atoms with Crippen molar-refractivity contribution < 1.29 is 0 Å². The van der Waals surface area contributed by atoms with Crippen molar-refractivity contribution in [1.82, 2.24) is 0 Å². The second-order valence-corrected chi connectivity index (χ2v) is 14.2. The van der Waals surface area contributed by atoms with E-state index in [-0.39, 0.29) is 0 Å². The predicted octanol–water partition coefficient (Wildman–Crippen LogP) is 14.1. The van der Waals surface area contributed by atoms with Crippen molar-refractivity contribution >= 4 is 43.1 Å². The molecule has 0 aliphatic rings.